The summed E-state index contributed by atoms with van der Waals surface area (Å²) in [6, 6.07) is -0.371. The van der Waals surface area contributed by atoms with E-state index in [0.717, 1.165) is 32.1 Å². The third-order valence-electron chi connectivity index (χ3n) is 6.61. The molecule has 2 amide bonds. The van der Waals surface area contributed by atoms with Crippen molar-refractivity contribution in [3.8, 4) is 0 Å². The molecule has 3 N–H and O–H groups in total. The minimum absolute atomic E-state index is 0.0650. The molecular weight excluding hydrogens is 380 g/mol. The van der Waals surface area contributed by atoms with Crippen LogP contribution in [-0.2, 0) is 9.59 Å². The molecule has 174 valence electrons. The highest BCUT2D eigenvalue weighted by atomic mass is 16.3. The molecular formula is C24H44N2O4. The van der Waals surface area contributed by atoms with E-state index in [9.17, 15) is 19.8 Å². The van der Waals surface area contributed by atoms with Crippen molar-refractivity contribution in [1.29, 1.82) is 0 Å². The normalized spacial score (nSPS) is 20.6. The van der Waals surface area contributed by atoms with E-state index in [2.05, 4.69) is 5.32 Å². The molecule has 0 saturated heterocycles. The second-order valence-electron chi connectivity index (χ2n) is 9.94. The average molecular weight is 425 g/mol. The van der Waals surface area contributed by atoms with Crippen molar-refractivity contribution in [3.05, 3.63) is 0 Å². The lowest BCUT2D eigenvalue weighted by molar-refractivity contribution is -0.141. The van der Waals surface area contributed by atoms with Gasteiger partial charge in [0.1, 0.15) is 6.10 Å². The zero-order valence-corrected chi connectivity index (χ0v) is 19.3. The first-order valence-corrected chi connectivity index (χ1v) is 12.2. The van der Waals surface area contributed by atoms with Gasteiger partial charge in [-0.1, -0.05) is 46.0 Å². The molecule has 3 atom stereocenters. The molecule has 0 aliphatic heterocycles. The van der Waals surface area contributed by atoms with Crippen molar-refractivity contribution in [2.45, 2.75) is 110 Å². The van der Waals surface area contributed by atoms with Gasteiger partial charge in [0.2, 0.25) is 11.8 Å². The number of aliphatic hydroxyl groups is 2. The summed E-state index contributed by atoms with van der Waals surface area (Å²) >= 11 is 0. The number of nitrogens with one attached hydrogen (secondary N) is 1. The van der Waals surface area contributed by atoms with Crippen LogP contribution < -0.4 is 5.32 Å². The van der Waals surface area contributed by atoms with Crippen molar-refractivity contribution in [3.63, 3.8) is 0 Å². The SMILES string of the molecule is CCNC(=O)CCC(=O)N(CC1CC1)[C@@H](CC1CCCCC1)[C@@H](O)[C@@H](O)CC(C)C. The Morgan fingerprint density at radius 1 is 1.00 bits per heavy atom. The van der Waals surface area contributed by atoms with E-state index in [-0.39, 0.29) is 36.6 Å². The van der Waals surface area contributed by atoms with Gasteiger partial charge in [-0.2, -0.15) is 0 Å². The summed E-state index contributed by atoms with van der Waals surface area (Å²) in [6.07, 6.45) is 7.98. The van der Waals surface area contributed by atoms with Crippen LogP contribution in [0.25, 0.3) is 0 Å². The number of nitrogens with zero attached hydrogens (tertiary/aromatic N) is 1. The number of hydrogen-bond acceptors (Lipinski definition) is 4. The van der Waals surface area contributed by atoms with Gasteiger partial charge in [-0.15, -0.1) is 0 Å². The smallest absolute Gasteiger partial charge is 0.223 e. The fourth-order valence-corrected chi connectivity index (χ4v) is 4.74. The van der Waals surface area contributed by atoms with E-state index in [1.54, 1.807) is 0 Å². The molecule has 30 heavy (non-hydrogen) atoms. The number of aliphatic hydroxyl groups excluding tert-OH is 2. The molecule has 0 aromatic rings. The molecule has 0 bridgehead atoms. The van der Waals surface area contributed by atoms with Crippen LogP contribution in [0.1, 0.15) is 91.4 Å². The molecule has 0 spiro atoms. The van der Waals surface area contributed by atoms with Crippen LogP contribution in [0, 0.1) is 17.8 Å². The van der Waals surface area contributed by atoms with Crippen molar-refractivity contribution in [2.24, 2.45) is 17.8 Å². The molecule has 6 nitrogen and oxygen atoms in total. The molecule has 0 radical (unpaired) electrons. The van der Waals surface area contributed by atoms with E-state index in [0.29, 0.717) is 31.3 Å². The summed E-state index contributed by atoms with van der Waals surface area (Å²) in [5.74, 6) is 1.07. The number of carbonyl (C=O) groups is 2. The highest BCUT2D eigenvalue weighted by Crippen LogP contribution is 2.35. The number of amides is 2. The molecule has 0 heterocycles. The molecule has 2 aliphatic carbocycles. The Bertz CT molecular complexity index is 529. The van der Waals surface area contributed by atoms with Crippen LogP contribution in [0.2, 0.25) is 0 Å². The van der Waals surface area contributed by atoms with Crippen LogP contribution in [0.4, 0.5) is 0 Å². The average Bonchev–Trinajstić information content (AvgIpc) is 3.53. The second-order valence-corrected chi connectivity index (χ2v) is 9.94. The Balaban J connectivity index is 2.14. The highest BCUT2D eigenvalue weighted by Gasteiger charge is 2.38. The van der Waals surface area contributed by atoms with Crippen LogP contribution in [0.15, 0.2) is 0 Å². The maximum Gasteiger partial charge on any atom is 0.223 e. The predicted molar refractivity (Wildman–Crippen MR) is 119 cm³/mol. The molecule has 2 rings (SSSR count). The number of rotatable bonds is 13. The lowest BCUT2D eigenvalue weighted by Crippen LogP contribution is -2.53. The molecule has 2 aliphatic rings. The maximum absolute atomic E-state index is 13.2. The van der Waals surface area contributed by atoms with Crippen LogP contribution in [-0.4, -0.2) is 58.3 Å². The standard InChI is InChI=1S/C24H44N2O4/c1-4-25-22(28)12-13-23(29)26(16-19-10-11-19)20(15-18-8-6-5-7-9-18)24(30)21(27)14-17(2)3/h17-21,24,27,30H,4-16H2,1-3H3,(H,25,28)/t20-,21-,24+/m0/s1. The molecule has 2 saturated carbocycles. The monoisotopic (exact) mass is 424 g/mol. The van der Waals surface area contributed by atoms with Gasteiger partial charge in [0.15, 0.2) is 0 Å². The Morgan fingerprint density at radius 2 is 1.67 bits per heavy atom. The Morgan fingerprint density at radius 3 is 2.23 bits per heavy atom. The van der Waals surface area contributed by atoms with Gasteiger partial charge in [-0.25, -0.2) is 0 Å². The molecule has 0 aromatic heterocycles. The van der Waals surface area contributed by atoms with Gasteiger partial charge in [-0.05, 0) is 50.4 Å². The summed E-state index contributed by atoms with van der Waals surface area (Å²) in [6.45, 7) is 7.13. The first kappa shape index (κ1) is 25.1. The summed E-state index contributed by atoms with van der Waals surface area (Å²) in [4.78, 5) is 26.9. The zero-order valence-electron chi connectivity index (χ0n) is 19.3. The topological polar surface area (TPSA) is 89.9 Å². The number of hydrogen-bond donors (Lipinski definition) is 3. The summed E-state index contributed by atoms with van der Waals surface area (Å²) in [5.41, 5.74) is 0. The minimum Gasteiger partial charge on any atom is -0.390 e. The first-order valence-electron chi connectivity index (χ1n) is 12.2. The molecule has 6 heteroatoms. The van der Waals surface area contributed by atoms with E-state index < -0.39 is 12.2 Å². The maximum atomic E-state index is 13.2. The largest absolute Gasteiger partial charge is 0.390 e. The second kappa shape index (κ2) is 12.7. The summed E-state index contributed by atoms with van der Waals surface area (Å²) in [7, 11) is 0. The molecule has 0 unspecified atom stereocenters. The van der Waals surface area contributed by atoms with Gasteiger partial charge in [0, 0.05) is 25.9 Å². The number of carbonyl (C=O) groups excluding carboxylic acids is 2. The van der Waals surface area contributed by atoms with Crippen molar-refractivity contribution in [1.82, 2.24) is 10.2 Å². The van der Waals surface area contributed by atoms with E-state index >= 15 is 0 Å². The lowest BCUT2D eigenvalue weighted by Gasteiger charge is -2.40. The summed E-state index contributed by atoms with van der Waals surface area (Å²) < 4.78 is 0. The fourth-order valence-electron chi connectivity index (χ4n) is 4.74. The fraction of sp³-hybridized carbons (Fsp3) is 0.917. The van der Waals surface area contributed by atoms with Gasteiger partial charge < -0.3 is 20.4 Å². The Kier molecular flexibility index (Phi) is 10.6. The Labute approximate surface area is 182 Å². The van der Waals surface area contributed by atoms with Crippen molar-refractivity contribution in [2.75, 3.05) is 13.1 Å². The van der Waals surface area contributed by atoms with E-state index in [1.165, 1.54) is 19.3 Å². The lowest BCUT2D eigenvalue weighted by atomic mass is 9.81. The Hall–Kier alpha value is -1.14. The first-order chi connectivity index (χ1) is 14.3. The van der Waals surface area contributed by atoms with Crippen LogP contribution >= 0.6 is 0 Å². The van der Waals surface area contributed by atoms with Crippen LogP contribution in [0.3, 0.4) is 0 Å². The third-order valence-corrected chi connectivity index (χ3v) is 6.61. The van der Waals surface area contributed by atoms with Crippen molar-refractivity contribution >= 4 is 11.8 Å². The van der Waals surface area contributed by atoms with Crippen molar-refractivity contribution < 1.29 is 19.8 Å². The summed E-state index contributed by atoms with van der Waals surface area (Å²) in [5, 5.41) is 24.6. The zero-order chi connectivity index (χ0) is 22.1. The van der Waals surface area contributed by atoms with E-state index in [4.69, 9.17) is 0 Å². The highest BCUT2D eigenvalue weighted by molar-refractivity contribution is 5.84. The van der Waals surface area contributed by atoms with Gasteiger partial charge >= 0.3 is 0 Å². The third kappa shape index (κ3) is 8.54. The van der Waals surface area contributed by atoms with Gasteiger partial charge in [-0.3, -0.25) is 9.59 Å². The molecule has 2 fully saturated rings. The molecule has 0 aromatic carbocycles. The van der Waals surface area contributed by atoms with Crippen LogP contribution in [0.5, 0.6) is 0 Å². The predicted octanol–water partition coefficient (Wildman–Crippen LogP) is 3.25. The van der Waals surface area contributed by atoms with E-state index in [1.807, 2.05) is 25.7 Å². The minimum atomic E-state index is -0.943. The van der Waals surface area contributed by atoms with Gasteiger partial charge in [0.25, 0.3) is 0 Å². The van der Waals surface area contributed by atoms with Gasteiger partial charge in [0.05, 0.1) is 12.1 Å². The quantitative estimate of drug-likeness (QED) is 0.423.